The van der Waals surface area contributed by atoms with E-state index < -0.39 is 0 Å². The van der Waals surface area contributed by atoms with E-state index in [1.54, 1.807) is 29.4 Å². The fourth-order valence-electron chi connectivity index (χ4n) is 3.13. The average Bonchev–Trinajstić information content (AvgIpc) is 2.74. The Balaban J connectivity index is 1.97. The second kappa shape index (κ2) is 9.43. The summed E-state index contributed by atoms with van der Waals surface area (Å²) in [6.07, 6.45) is 3.48. The van der Waals surface area contributed by atoms with Gasteiger partial charge in [-0.3, -0.25) is 9.78 Å². The number of methoxy groups -OCH3 is 2. The summed E-state index contributed by atoms with van der Waals surface area (Å²) in [5.74, 6) is 0.670. The van der Waals surface area contributed by atoms with Crippen molar-refractivity contribution in [2.24, 2.45) is 0 Å². The van der Waals surface area contributed by atoms with E-state index >= 15 is 0 Å². The molecule has 5 nitrogen and oxygen atoms in total. The number of benzene rings is 2. The van der Waals surface area contributed by atoms with Gasteiger partial charge in [-0.05, 0) is 41.8 Å². The summed E-state index contributed by atoms with van der Waals surface area (Å²) in [5, 5.41) is 0.326. The van der Waals surface area contributed by atoms with E-state index in [0.29, 0.717) is 35.2 Å². The zero-order valence-electron chi connectivity index (χ0n) is 16.7. The lowest BCUT2D eigenvalue weighted by atomic mass is 10.1. The molecule has 1 heterocycles. The molecule has 2 aromatic carbocycles. The van der Waals surface area contributed by atoms with Gasteiger partial charge in [-0.2, -0.15) is 0 Å². The summed E-state index contributed by atoms with van der Waals surface area (Å²) in [6.45, 7) is 2.93. The lowest BCUT2D eigenvalue weighted by Gasteiger charge is -2.24. The molecule has 0 bridgehead atoms. The van der Waals surface area contributed by atoms with Crippen LogP contribution in [0.5, 0.6) is 11.5 Å². The molecule has 0 aliphatic heterocycles. The Morgan fingerprint density at radius 3 is 2.52 bits per heavy atom. The van der Waals surface area contributed by atoms with Gasteiger partial charge in [0.15, 0.2) is 11.5 Å². The number of carbonyl (C=O) groups is 1. The smallest absolute Gasteiger partial charge is 0.254 e. The fraction of sp³-hybridized carbons (Fsp3) is 0.217. The van der Waals surface area contributed by atoms with Gasteiger partial charge in [0.05, 0.1) is 19.2 Å². The molecule has 3 rings (SSSR count). The first-order valence-corrected chi connectivity index (χ1v) is 9.55. The Labute approximate surface area is 175 Å². The molecule has 0 aliphatic carbocycles. The third-order valence-electron chi connectivity index (χ3n) is 4.69. The second-order valence-electron chi connectivity index (χ2n) is 6.64. The zero-order chi connectivity index (χ0) is 20.8. The molecular weight excluding hydrogens is 388 g/mol. The van der Waals surface area contributed by atoms with Crippen LogP contribution in [0.3, 0.4) is 0 Å². The van der Waals surface area contributed by atoms with Crippen LogP contribution in [0.15, 0.2) is 60.9 Å². The lowest BCUT2D eigenvalue weighted by molar-refractivity contribution is 0.0729. The lowest BCUT2D eigenvalue weighted by Crippen LogP contribution is -2.30. The number of rotatable bonds is 7. The molecule has 29 heavy (non-hydrogen) atoms. The molecule has 3 aromatic rings. The van der Waals surface area contributed by atoms with Gasteiger partial charge in [0, 0.05) is 31.0 Å². The standard InChI is InChI=1S/C23H23ClN2O3/c1-16-7-4-5-9-18(16)15-26(14-17-8-6-10-25-13-17)23(27)19-11-20(24)22(29-3)21(12-19)28-2/h4-13H,14-15H2,1-3H3. The van der Waals surface area contributed by atoms with Crippen molar-refractivity contribution in [3.8, 4) is 11.5 Å². The predicted molar refractivity (Wildman–Crippen MR) is 114 cm³/mol. The Morgan fingerprint density at radius 1 is 1.07 bits per heavy atom. The van der Waals surface area contributed by atoms with Crippen molar-refractivity contribution in [2.45, 2.75) is 20.0 Å². The maximum Gasteiger partial charge on any atom is 0.254 e. The van der Waals surface area contributed by atoms with Crippen molar-refractivity contribution < 1.29 is 14.3 Å². The molecule has 0 radical (unpaired) electrons. The van der Waals surface area contributed by atoms with E-state index in [2.05, 4.69) is 4.98 Å². The van der Waals surface area contributed by atoms with Crippen molar-refractivity contribution in [3.05, 3.63) is 88.2 Å². The summed E-state index contributed by atoms with van der Waals surface area (Å²) < 4.78 is 10.6. The highest BCUT2D eigenvalue weighted by molar-refractivity contribution is 6.32. The van der Waals surface area contributed by atoms with Crippen LogP contribution in [0, 0.1) is 6.92 Å². The Morgan fingerprint density at radius 2 is 1.86 bits per heavy atom. The second-order valence-corrected chi connectivity index (χ2v) is 7.05. The minimum Gasteiger partial charge on any atom is -0.493 e. The normalized spacial score (nSPS) is 10.5. The van der Waals surface area contributed by atoms with Crippen LogP contribution in [0.25, 0.3) is 0 Å². The van der Waals surface area contributed by atoms with E-state index in [9.17, 15) is 4.79 Å². The first kappa shape index (κ1) is 20.7. The quantitative estimate of drug-likeness (QED) is 0.555. The van der Waals surface area contributed by atoms with Gasteiger partial charge in [-0.1, -0.05) is 41.9 Å². The van der Waals surface area contributed by atoms with Gasteiger partial charge in [0.25, 0.3) is 5.91 Å². The van der Waals surface area contributed by atoms with Crippen LogP contribution >= 0.6 is 11.6 Å². The van der Waals surface area contributed by atoms with E-state index in [-0.39, 0.29) is 5.91 Å². The highest BCUT2D eigenvalue weighted by Gasteiger charge is 2.21. The number of nitrogens with zero attached hydrogens (tertiary/aromatic N) is 2. The fourth-order valence-corrected chi connectivity index (χ4v) is 3.42. The largest absolute Gasteiger partial charge is 0.493 e. The van der Waals surface area contributed by atoms with Crippen molar-refractivity contribution in [1.82, 2.24) is 9.88 Å². The van der Waals surface area contributed by atoms with E-state index in [1.807, 2.05) is 43.3 Å². The summed E-state index contributed by atoms with van der Waals surface area (Å²) >= 11 is 6.32. The molecule has 6 heteroatoms. The number of ether oxygens (including phenoxy) is 2. The first-order valence-electron chi connectivity index (χ1n) is 9.17. The number of amides is 1. The van der Waals surface area contributed by atoms with Gasteiger partial charge in [0.2, 0.25) is 0 Å². The molecule has 0 aliphatic rings. The van der Waals surface area contributed by atoms with Crippen LogP contribution in [-0.4, -0.2) is 30.0 Å². The molecule has 0 fully saturated rings. The van der Waals surface area contributed by atoms with Crippen LogP contribution in [0.4, 0.5) is 0 Å². The number of aromatic nitrogens is 1. The number of carbonyl (C=O) groups excluding carboxylic acids is 1. The molecule has 1 aromatic heterocycles. The first-order chi connectivity index (χ1) is 14.0. The van der Waals surface area contributed by atoms with Gasteiger partial charge in [-0.15, -0.1) is 0 Å². The average molecular weight is 411 g/mol. The SMILES string of the molecule is COc1cc(C(=O)N(Cc2cccnc2)Cc2ccccc2C)cc(Cl)c1OC. The molecule has 0 atom stereocenters. The molecule has 0 saturated carbocycles. The van der Waals surface area contributed by atoms with E-state index in [1.165, 1.54) is 14.2 Å². The summed E-state index contributed by atoms with van der Waals surface area (Å²) in [6, 6.07) is 15.1. The summed E-state index contributed by atoms with van der Waals surface area (Å²) in [4.78, 5) is 19.4. The van der Waals surface area contributed by atoms with Gasteiger partial charge < -0.3 is 14.4 Å². The topological polar surface area (TPSA) is 51.7 Å². The van der Waals surface area contributed by atoms with Crippen LogP contribution in [-0.2, 0) is 13.1 Å². The minimum atomic E-state index is -0.153. The van der Waals surface area contributed by atoms with Crippen molar-refractivity contribution in [3.63, 3.8) is 0 Å². The Kier molecular flexibility index (Phi) is 6.73. The monoisotopic (exact) mass is 410 g/mol. The molecule has 0 N–H and O–H groups in total. The van der Waals surface area contributed by atoms with Crippen molar-refractivity contribution >= 4 is 17.5 Å². The Bertz CT molecular complexity index is 993. The molecule has 0 saturated heterocycles. The highest BCUT2D eigenvalue weighted by atomic mass is 35.5. The Hall–Kier alpha value is -3.05. The molecule has 1 amide bonds. The van der Waals surface area contributed by atoms with Gasteiger partial charge >= 0.3 is 0 Å². The maximum absolute atomic E-state index is 13.4. The summed E-state index contributed by atoms with van der Waals surface area (Å²) in [5.41, 5.74) is 3.59. The number of pyridine rings is 1. The third kappa shape index (κ3) is 4.87. The van der Waals surface area contributed by atoms with Gasteiger partial charge in [-0.25, -0.2) is 0 Å². The third-order valence-corrected chi connectivity index (χ3v) is 4.97. The molecule has 0 spiro atoms. The predicted octanol–water partition coefficient (Wildman–Crippen LogP) is 4.90. The van der Waals surface area contributed by atoms with Crippen LogP contribution in [0.2, 0.25) is 5.02 Å². The van der Waals surface area contributed by atoms with E-state index in [0.717, 1.165) is 16.7 Å². The zero-order valence-corrected chi connectivity index (χ0v) is 17.4. The number of hydrogen-bond acceptors (Lipinski definition) is 4. The highest BCUT2D eigenvalue weighted by Crippen LogP contribution is 2.36. The molecule has 150 valence electrons. The number of halogens is 1. The molecule has 0 unspecified atom stereocenters. The van der Waals surface area contributed by atoms with Gasteiger partial charge in [0.1, 0.15) is 0 Å². The number of hydrogen-bond donors (Lipinski definition) is 0. The molecular formula is C23H23ClN2O3. The number of aryl methyl sites for hydroxylation is 1. The minimum absolute atomic E-state index is 0.153. The van der Waals surface area contributed by atoms with Crippen LogP contribution in [0.1, 0.15) is 27.0 Å². The van der Waals surface area contributed by atoms with E-state index in [4.69, 9.17) is 21.1 Å². The maximum atomic E-state index is 13.4. The van der Waals surface area contributed by atoms with Crippen molar-refractivity contribution in [1.29, 1.82) is 0 Å². The van der Waals surface area contributed by atoms with Crippen molar-refractivity contribution in [2.75, 3.05) is 14.2 Å². The summed E-state index contributed by atoms with van der Waals surface area (Å²) in [7, 11) is 3.03. The van der Waals surface area contributed by atoms with Crippen LogP contribution < -0.4 is 9.47 Å².